The summed E-state index contributed by atoms with van der Waals surface area (Å²) in [4.78, 5) is 6.91. The molecule has 0 saturated heterocycles. The predicted octanol–water partition coefficient (Wildman–Crippen LogP) is 2.66. The Morgan fingerprint density at radius 1 is 1.21 bits per heavy atom. The molecular formula is C10H8F2N2. The van der Waals surface area contributed by atoms with Crippen LogP contribution in [0.1, 0.15) is 5.82 Å². The van der Waals surface area contributed by atoms with Crippen LogP contribution in [-0.2, 0) is 0 Å². The van der Waals surface area contributed by atoms with Crippen molar-refractivity contribution in [2.24, 2.45) is 0 Å². The lowest BCUT2D eigenvalue weighted by molar-refractivity contribution is 0.509. The van der Waals surface area contributed by atoms with Crippen LogP contribution >= 0.6 is 0 Å². The summed E-state index contributed by atoms with van der Waals surface area (Å²) in [7, 11) is 0. The Balaban J connectivity index is 2.47. The summed E-state index contributed by atoms with van der Waals surface area (Å²) < 4.78 is 25.5. The van der Waals surface area contributed by atoms with Crippen LogP contribution in [0.2, 0.25) is 0 Å². The van der Waals surface area contributed by atoms with Crippen LogP contribution in [0.4, 0.5) is 8.78 Å². The van der Waals surface area contributed by atoms with Crippen molar-refractivity contribution in [1.82, 2.24) is 9.97 Å². The van der Waals surface area contributed by atoms with Gasteiger partial charge in [-0.05, 0) is 25.1 Å². The minimum absolute atomic E-state index is 0.588. The number of hydrogen-bond acceptors (Lipinski definition) is 1. The second-order valence-corrected chi connectivity index (χ2v) is 3.01. The molecule has 1 aromatic carbocycles. The molecule has 0 aliphatic rings. The topological polar surface area (TPSA) is 28.7 Å². The fourth-order valence-electron chi connectivity index (χ4n) is 1.23. The molecule has 4 heteroatoms. The van der Waals surface area contributed by atoms with Gasteiger partial charge in [-0.25, -0.2) is 13.8 Å². The van der Waals surface area contributed by atoms with Crippen LogP contribution in [0.3, 0.4) is 0 Å². The second kappa shape index (κ2) is 3.21. The van der Waals surface area contributed by atoms with E-state index in [4.69, 9.17) is 0 Å². The Morgan fingerprint density at radius 2 is 2.00 bits per heavy atom. The van der Waals surface area contributed by atoms with E-state index >= 15 is 0 Å². The molecule has 14 heavy (non-hydrogen) atoms. The van der Waals surface area contributed by atoms with Gasteiger partial charge < -0.3 is 4.98 Å². The van der Waals surface area contributed by atoms with Gasteiger partial charge in [-0.2, -0.15) is 0 Å². The van der Waals surface area contributed by atoms with Gasteiger partial charge in [-0.3, -0.25) is 0 Å². The lowest BCUT2D eigenvalue weighted by Crippen LogP contribution is -1.85. The highest BCUT2D eigenvalue weighted by Gasteiger charge is 2.05. The number of halogens is 2. The summed E-state index contributed by atoms with van der Waals surface area (Å²) >= 11 is 0. The average molecular weight is 194 g/mol. The highest BCUT2D eigenvalue weighted by Crippen LogP contribution is 2.19. The standard InChI is InChI=1S/C10H8F2N2/c1-6-13-5-10(14-6)7-2-3-8(11)9(12)4-7/h2-5H,1H3,(H,13,14). The van der Waals surface area contributed by atoms with Gasteiger partial charge in [0.05, 0.1) is 11.9 Å². The summed E-state index contributed by atoms with van der Waals surface area (Å²) in [5, 5.41) is 0. The number of aromatic nitrogens is 2. The molecule has 72 valence electrons. The molecule has 0 aliphatic carbocycles. The van der Waals surface area contributed by atoms with Crippen LogP contribution in [0.25, 0.3) is 11.3 Å². The molecule has 2 rings (SSSR count). The molecule has 2 aromatic rings. The fourth-order valence-corrected chi connectivity index (χ4v) is 1.23. The van der Waals surface area contributed by atoms with Crippen molar-refractivity contribution >= 4 is 0 Å². The van der Waals surface area contributed by atoms with Gasteiger partial charge in [0.2, 0.25) is 0 Å². The first-order valence-electron chi connectivity index (χ1n) is 4.14. The van der Waals surface area contributed by atoms with E-state index in [0.29, 0.717) is 11.3 Å². The Bertz CT molecular complexity index is 463. The van der Waals surface area contributed by atoms with Gasteiger partial charge in [-0.15, -0.1) is 0 Å². The van der Waals surface area contributed by atoms with E-state index in [0.717, 1.165) is 18.0 Å². The van der Waals surface area contributed by atoms with Crippen molar-refractivity contribution in [3.8, 4) is 11.3 Å². The number of hydrogen-bond donors (Lipinski definition) is 1. The van der Waals surface area contributed by atoms with E-state index in [-0.39, 0.29) is 0 Å². The molecule has 0 saturated carbocycles. The summed E-state index contributed by atoms with van der Waals surface area (Å²) in [6.45, 7) is 1.80. The second-order valence-electron chi connectivity index (χ2n) is 3.01. The monoisotopic (exact) mass is 194 g/mol. The van der Waals surface area contributed by atoms with E-state index in [1.807, 2.05) is 0 Å². The lowest BCUT2D eigenvalue weighted by atomic mass is 10.1. The van der Waals surface area contributed by atoms with E-state index < -0.39 is 11.6 Å². The molecule has 0 bridgehead atoms. The SMILES string of the molecule is Cc1ncc(-c2ccc(F)c(F)c2)[nH]1. The third-order valence-electron chi connectivity index (χ3n) is 1.93. The van der Waals surface area contributed by atoms with Crippen LogP contribution in [-0.4, -0.2) is 9.97 Å². The fraction of sp³-hybridized carbons (Fsp3) is 0.100. The number of rotatable bonds is 1. The van der Waals surface area contributed by atoms with Crippen molar-refractivity contribution in [1.29, 1.82) is 0 Å². The first-order valence-corrected chi connectivity index (χ1v) is 4.14. The molecular weight excluding hydrogens is 186 g/mol. The maximum Gasteiger partial charge on any atom is 0.159 e. The van der Waals surface area contributed by atoms with Crippen LogP contribution < -0.4 is 0 Å². The zero-order chi connectivity index (χ0) is 10.1. The zero-order valence-electron chi connectivity index (χ0n) is 7.51. The van der Waals surface area contributed by atoms with E-state index in [2.05, 4.69) is 9.97 Å². The summed E-state index contributed by atoms with van der Waals surface area (Å²) in [5.41, 5.74) is 1.27. The normalized spacial score (nSPS) is 10.5. The number of imidazole rings is 1. The smallest absolute Gasteiger partial charge is 0.159 e. The maximum absolute atomic E-state index is 12.9. The number of nitrogens with zero attached hydrogens (tertiary/aromatic N) is 1. The Morgan fingerprint density at radius 3 is 2.57 bits per heavy atom. The Hall–Kier alpha value is -1.71. The van der Waals surface area contributed by atoms with Crippen LogP contribution in [0.15, 0.2) is 24.4 Å². The van der Waals surface area contributed by atoms with Crippen molar-refractivity contribution in [3.63, 3.8) is 0 Å². The van der Waals surface area contributed by atoms with Gasteiger partial charge in [-0.1, -0.05) is 0 Å². The molecule has 0 aliphatic heterocycles. The molecule has 1 heterocycles. The van der Waals surface area contributed by atoms with Crippen molar-refractivity contribution in [2.45, 2.75) is 6.92 Å². The quantitative estimate of drug-likeness (QED) is 0.742. The minimum Gasteiger partial charge on any atom is -0.342 e. The highest BCUT2D eigenvalue weighted by atomic mass is 19.2. The molecule has 1 aromatic heterocycles. The van der Waals surface area contributed by atoms with Crippen LogP contribution in [0, 0.1) is 18.6 Å². The Kier molecular flexibility index (Phi) is 2.04. The average Bonchev–Trinajstić information content (AvgIpc) is 2.57. The molecule has 0 radical (unpaired) electrons. The van der Waals surface area contributed by atoms with E-state index in [1.54, 1.807) is 13.1 Å². The third kappa shape index (κ3) is 1.51. The summed E-state index contributed by atoms with van der Waals surface area (Å²) in [5.74, 6) is -0.954. The largest absolute Gasteiger partial charge is 0.342 e. The molecule has 0 atom stereocenters. The van der Waals surface area contributed by atoms with E-state index in [9.17, 15) is 8.78 Å². The number of aromatic amines is 1. The number of aryl methyl sites for hydroxylation is 1. The van der Waals surface area contributed by atoms with Gasteiger partial charge >= 0.3 is 0 Å². The van der Waals surface area contributed by atoms with Crippen molar-refractivity contribution in [2.75, 3.05) is 0 Å². The van der Waals surface area contributed by atoms with Gasteiger partial charge in [0.15, 0.2) is 11.6 Å². The summed E-state index contributed by atoms with van der Waals surface area (Å²) in [6, 6.07) is 3.74. The summed E-state index contributed by atoms with van der Waals surface area (Å²) in [6.07, 6.45) is 1.59. The number of H-pyrrole nitrogens is 1. The predicted molar refractivity (Wildman–Crippen MR) is 48.7 cm³/mol. The first kappa shape index (κ1) is 8.87. The third-order valence-corrected chi connectivity index (χ3v) is 1.93. The lowest BCUT2D eigenvalue weighted by Gasteiger charge is -1.97. The van der Waals surface area contributed by atoms with Crippen molar-refractivity contribution in [3.05, 3.63) is 41.9 Å². The number of nitrogens with one attached hydrogen (secondary N) is 1. The number of benzene rings is 1. The van der Waals surface area contributed by atoms with Crippen LogP contribution in [0.5, 0.6) is 0 Å². The minimum atomic E-state index is -0.852. The molecule has 1 N–H and O–H groups in total. The van der Waals surface area contributed by atoms with Gasteiger partial charge in [0.1, 0.15) is 5.82 Å². The first-order chi connectivity index (χ1) is 6.66. The van der Waals surface area contributed by atoms with Gasteiger partial charge in [0.25, 0.3) is 0 Å². The molecule has 0 amide bonds. The molecule has 0 unspecified atom stereocenters. The molecule has 2 nitrogen and oxygen atoms in total. The van der Waals surface area contributed by atoms with Gasteiger partial charge in [0, 0.05) is 5.56 Å². The highest BCUT2D eigenvalue weighted by molar-refractivity contribution is 5.58. The molecule has 0 fully saturated rings. The van der Waals surface area contributed by atoms with Crippen molar-refractivity contribution < 1.29 is 8.78 Å². The Labute approximate surface area is 79.6 Å². The molecule has 0 spiro atoms. The maximum atomic E-state index is 12.9. The zero-order valence-corrected chi connectivity index (χ0v) is 7.51. The van der Waals surface area contributed by atoms with E-state index in [1.165, 1.54) is 6.07 Å².